The van der Waals surface area contributed by atoms with Gasteiger partial charge in [-0.15, -0.1) is 0 Å². The van der Waals surface area contributed by atoms with Crippen molar-refractivity contribution in [3.05, 3.63) is 0 Å². The highest BCUT2D eigenvalue weighted by molar-refractivity contribution is 9.09. The van der Waals surface area contributed by atoms with Crippen molar-refractivity contribution < 1.29 is 0 Å². The molecule has 0 heterocycles. The third-order valence-corrected chi connectivity index (χ3v) is 6.39. The Labute approximate surface area is 127 Å². The lowest BCUT2D eigenvalue weighted by molar-refractivity contribution is 0.143. The van der Waals surface area contributed by atoms with Crippen molar-refractivity contribution in [1.82, 2.24) is 4.90 Å². The predicted octanol–water partition coefficient (Wildman–Crippen LogP) is 4.80. The molecule has 1 nitrogen and oxygen atoms in total. The van der Waals surface area contributed by atoms with E-state index in [2.05, 4.69) is 41.1 Å². The minimum Gasteiger partial charge on any atom is -0.302 e. The number of rotatable bonds is 7. The van der Waals surface area contributed by atoms with E-state index in [0.29, 0.717) is 5.41 Å². The fourth-order valence-electron chi connectivity index (χ4n) is 3.22. The molecule has 0 saturated heterocycles. The first-order chi connectivity index (χ1) is 8.67. The summed E-state index contributed by atoms with van der Waals surface area (Å²) < 4.78 is 0. The first-order valence-corrected chi connectivity index (χ1v) is 9.94. The van der Waals surface area contributed by atoms with E-state index >= 15 is 0 Å². The van der Waals surface area contributed by atoms with Crippen LogP contribution in [-0.2, 0) is 0 Å². The summed E-state index contributed by atoms with van der Waals surface area (Å²) in [6, 6.07) is 0.749. The van der Waals surface area contributed by atoms with Gasteiger partial charge in [0.2, 0.25) is 0 Å². The number of halogens is 1. The van der Waals surface area contributed by atoms with Crippen LogP contribution in [0.3, 0.4) is 0 Å². The Bertz CT molecular complexity index is 215. The van der Waals surface area contributed by atoms with Crippen LogP contribution in [0.5, 0.6) is 0 Å². The molecule has 0 aromatic heterocycles. The van der Waals surface area contributed by atoms with Gasteiger partial charge in [-0.05, 0) is 38.0 Å². The molecule has 1 aliphatic rings. The first-order valence-electron chi connectivity index (χ1n) is 7.42. The van der Waals surface area contributed by atoms with Crippen LogP contribution < -0.4 is 0 Å². The highest BCUT2D eigenvalue weighted by Gasteiger charge is 2.32. The van der Waals surface area contributed by atoms with Crippen LogP contribution in [0.25, 0.3) is 0 Å². The van der Waals surface area contributed by atoms with Crippen molar-refractivity contribution in [2.45, 2.75) is 57.9 Å². The van der Waals surface area contributed by atoms with Gasteiger partial charge in [0.25, 0.3) is 0 Å². The van der Waals surface area contributed by atoms with Crippen molar-refractivity contribution in [3.8, 4) is 0 Å². The minimum absolute atomic E-state index is 0.539. The van der Waals surface area contributed by atoms with Gasteiger partial charge in [-0.1, -0.05) is 48.5 Å². The van der Waals surface area contributed by atoms with Crippen molar-refractivity contribution in [1.29, 1.82) is 0 Å². The van der Waals surface area contributed by atoms with E-state index in [0.717, 1.165) is 6.04 Å². The summed E-state index contributed by atoms with van der Waals surface area (Å²) in [6.45, 7) is 3.60. The molecule has 0 aromatic rings. The van der Waals surface area contributed by atoms with Crippen molar-refractivity contribution >= 4 is 27.7 Å². The Morgan fingerprint density at radius 1 is 1.22 bits per heavy atom. The normalized spacial score (nSPS) is 21.8. The van der Waals surface area contributed by atoms with Crippen LogP contribution in [0.15, 0.2) is 0 Å². The molecule has 1 unspecified atom stereocenters. The summed E-state index contributed by atoms with van der Waals surface area (Å²) in [5, 5.41) is 1.18. The van der Waals surface area contributed by atoms with E-state index in [4.69, 9.17) is 0 Å². The topological polar surface area (TPSA) is 3.24 Å². The van der Waals surface area contributed by atoms with Gasteiger partial charge in [0, 0.05) is 23.7 Å². The van der Waals surface area contributed by atoms with Crippen LogP contribution in [0.4, 0.5) is 0 Å². The number of hydrogen-bond donors (Lipinski definition) is 0. The summed E-state index contributed by atoms with van der Waals surface area (Å²) in [5.41, 5.74) is 0.539. The highest BCUT2D eigenvalue weighted by atomic mass is 79.9. The van der Waals surface area contributed by atoms with Crippen molar-refractivity contribution in [3.63, 3.8) is 0 Å². The first kappa shape index (κ1) is 16.8. The number of alkyl halides is 1. The third-order valence-electron chi connectivity index (χ3n) is 4.49. The van der Waals surface area contributed by atoms with Gasteiger partial charge in [-0.2, -0.15) is 11.8 Å². The van der Waals surface area contributed by atoms with Crippen LogP contribution in [0.2, 0.25) is 0 Å². The zero-order valence-corrected chi connectivity index (χ0v) is 14.8. The molecule has 1 fully saturated rings. The molecule has 3 heteroatoms. The second-order valence-electron chi connectivity index (χ2n) is 5.98. The quantitative estimate of drug-likeness (QED) is 0.485. The van der Waals surface area contributed by atoms with E-state index in [-0.39, 0.29) is 0 Å². The molecule has 0 bridgehead atoms. The third kappa shape index (κ3) is 5.05. The zero-order chi connectivity index (χ0) is 13.4. The molecule has 1 rings (SSSR count). The summed E-state index contributed by atoms with van der Waals surface area (Å²) in [5.74, 6) is 1.27. The van der Waals surface area contributed by atoms with Gasteiger partial charge in [-0.25, -0.2) is 0 Å². The molecule has 0 aliphatic heterocycles. The molecule has 0 amide bonds. The summed E-state index contributed by atoms with van der Waals surface area (Å²) in [7, 11) is 2.33. The fourth-order valence-corrected chi connectivity index (χ4v) is 4.83. The Morgan fingerprint density at radius 3 is 2.28 bits per heavy atom. The molecule has 0 radical (unpaired) electrons. The molecular formula is C15H30BrNS. The van der Waals surface area contributed by atoms with E-state index < -0.39 is 0 Å². The number of hydrogen-bond acceptors (Lipinski definition) is 2. The second kappa shape index (κ2) is 8.86. The van der Waals surface area contributed by atoms with E-state index in [1.165, 1.54) is 62.6 Å². The molecule has 1 saturated carbocycles. The predicted molar refractivity (Wildman–Crippen MR) is 89.0 cm³/mol. The van der Waals surface area contributed by atoms with Crippen LogP contribution in [-0.4, -0.2) is 41.9 Å². The molecule has 108 valence electrons. The lowest BCUT2D eigenvalue weighted by Crippen LogP contribution is -2.43. The Kier molecular flexibility index (Phi) is 8.29. The fraction of sp³-hybridized carbons (Fsp3) is 1.00. The average Bonchev–Trinajstić information content (AvgIpc) is 2.62. The number of nitrogens with zero attached hydrogens (tertiary/aromatic N) is 1. The minimum atomic E-state index is 0.539. The lowest BCUT2D eigenvalue weighted by atomic mass is 9.81. The summed E-state index contributed by atoms with van der Waals surface area (Å²) in [4.78, 5) is 2.63. The maximum atomic E-state index is 3.81. The van der Waals surface area contributed by atoms with Crippen LogP contribution in [0.1, 0.15) is 51.9 Å². The van der Waals surface area contributed by atoms with E-state index in [1.54, 1.807) is 0 Å². The van der Waals surface area contributed by atoms with E-state index in [1.807, 2.05) is 11.8 Å². The van der Waals surface area contributed by atoms with Gasteiger partial charge in [-0.3, -0.25) is 0 Å². The lowest BCUT2D eigenvalue weighted by Gasteiger charge is -2.38. The molecule has 0 aromatic carbocycles. The largest absolute Gasteiger partial charge is 0.302 e. The molecule has 1 atom stereocenters. The Balaban J connectivity index is 2.59. The van der Waals surface area contributed by atoms with Gasteiger partial charge in [0.05, 0.1) is 0 Å². The molecule has 0 spiro atoms. The number of thioether (sulfide) groups is 1. The van der Waals surface area contributed by atoms with Crippen LogP contribution in [0, 0.1) is 5.41 Å². The van der Waals surface area contributed by atoms with Gasteiger partial charge in [0.15, 0.2) is 0 Å². The standard InChI is InChI=1S/C15H30BrNS/c1-4-14(11-18-3)17(2)13-15(12-16)9-7-5-6-8-10-15/h14H,4-13H2,1-3H3. The second-order valence-corrected chi connectivity index (χ2v) is 7.45. The van der Waals surface area contributed by atoms with Gasteiger partial charge in [0.1, 0.15) is 0 Å². The van der Waals surface area contributed by atoms with Gasteiger partial charge < -0.3 is 4.90 Å². The molecule has 1 aliphatic carbocycles. The molecular weight excluding hydrogens is 306 g/mol. The van der Waals surface area contributed by atoms with Gasteiger partial charge >= 0.3 is 0 Å². The Morgan fingerprint density at radius 2 is 1.83 bits per heavy atom. The Hall–Kier alpha value is 0.790. The molecule has 18 heavy (non-hydrogen) atoms. The summed E-state index contributed by atoms with van der Waals surface area (Å²) >= 11 is 5.79. The van der Waals surface area contributed by atoms with Crippen molar-refractivity contribution in [2.24, 2.45) is 5.41 Å². The SMILES string of the molecule is CCC(CSC)N(C)CC1(CBr)CCCCCC1. The maximum absolute atomic E-state index is 3.81. The molecule has 0 N–H and O–H groups in total. The van der Waals surface area contributed by atoms with E-state index in [9.17, 15) is 0 Å². The maximum Gasteiger partial charge on any atom is 0.0180 e. The highest BCUT2D eigenvalue weighted by Crippen LogP contribution is 2.37. The smallest absolute Gasteiger partial charge is 0.0180 e. The van der Waals surface area contributed by atoms with Crippen molar-refractivity contribution in [2.75, 3.05) is 30.9 Å². The monoisotopic (exact) mass is 335 g/mol. The summed E-state index contributed by atoms with van der Waals surface area (Å²) in [6.07, 6.45) is 12.1. The zero-order valence-electron chi connectivity index (χ0n) is 12.4. The van der Waals surface area contributed by atoms with Crippen LogP contribution >= 0.6 is 27.7 Å². The average molecular weight is 336 g/mol.